The molecule has 0 unspecified atom stereocenters. The second-order valence-electron chi connectivity index (χ2n) is 4.65. The number of amides is 3. The van der Waals surface area contributed by atoms with Gasteiger partial charge in [-0.3, -0.25) is 4.79 Å². The lowest BCUT2D eigenvalue weighted by molar-refractivity contribution is -0.113. The summed E-state index contributed by atoms with van der Waals surface area (Å²) in [7, 11) is 0. The average molecular weight is 279 g/mol. The van der Waals surface area contributed by atoms with Crippen molar-refractivity contribution in [1.29, 1.82) is 0 Å². The van der Waals surface area contributed by atoms with E-state index in [1.807, 2.05) is 32.0 Å². The number of carbonyl (C=O) groups is 2. The van der Waals surface area contributed by atoms with Crippen LogP contribution in [-0.4, -0.2) is 23.7 Å². The van der Waals surface area contributed by atoms with Crippen molar-refractivity contribution in [3.05, 3.63) is 23.8 Å². The van der Waals surface area contributed by atoms with Crippen LogP contribution in [0.4, 0.5) is 10.5 Å². The molecule has 3 amide bonds. The van der Waals surface area contributed by atoms with Gasteiger partial charge in [0.2, 0.25) is 5.91 Å². The van der Waals surface area contributed by atoms with E-state index in [0.29, 0.717) is 12.3 Å². The molecule has 2 rings (SSSR count). The zero-order chi connectivity index (χ0) is 13.8. The first-order chi connectivity index (χ1) is 9.04. The Labute approximate surface area is 116 Å². The van der Waals surface area contributed by atoms with Gasteiger partial charge in [0.25, 0.3) is 0 Å². The van der Waals surface area contributed by atoms with Crippen LogP contribution in [0.3, 0.4) is 0 Å². The second kappa shape index (κ2) is 5.97. The van der Waals surface area contributed by atoms with Crippen LogP contribution in [0.5, 0.6) is 0 Å². The molecule has 1 heterocycles. The van der Waals surface area contributed by atoms with Crippen LogP contribution in [-0.2, 0) is 11.3 Å². The highest BCUT2D eigenvalue weighted by atomic mass is 32.2. The first-order valence-electron chi connectivity index (χ1n) is 6.14. The Kier molecular flexibility index (Phi) is 4.31. The van der Waals surface area contributed by atoms with Crippen molar-refractivity contribution in [2.45, 2.75) is 31.3 Å². The van der Waals surface area contributed by atoms with Gasteiger partial charge in [0.15, 0.2) is 0 Å². The molecule has 0 fully saturated rings. The van der Waals surface area contributed by atoms with E-state index in [4.69, 9.17) is 0 Å². The summed E-state index contributed by atoms with van der Waals surface area (Å²) in [5.41, 5.74) is 1.78. The summed E-state index contributed by atoms with van der Waals surface area (Å²) < 4.78 is 0. The number of rotatable bonds is 3. The summed E-state index contributed by atoms with van der Waals surface area (Å²) in [5.74, 6) is 0.474. The maximum Gasteiger partial charge on any atom is 0.315 e. The fraction of sp³-hybridized carbons (Fsp3) is 0.385. The summed E-state index contributed by atoms with van der Waals surface area (Å²) in [4.78, 5) is 23.8. The summed E-state index contributed by atoms with van der Waals surface area (Å²) in [6.45, 7) is 4.25. The van der Waals surface area contributed by atoms with Crippen LogP contribution in [0, 0.1) is 0 Å². The van der Waals surface area contributed by atoms with Gasteiger partial charge in [0, 0.05) is 17.5 Å². The molecule has 5 nitrogen and oxygen atoms in total. The quantitative estimate of drug-likeness (QED) is 0.792. The molecular weight excluding hydrogens is 262 g/mol. The lowest BCUT2D eigenvalue weighted by Crippen LogP contribution is -2.39. The molecule has 6 heteroatoms. The third-order valence-electron chi connectivity index (χ3n) is 2.55. The fourth-order valence-electron chi connectivity index (χ4n) is 1.74. The number of fused-ring (bicyclic) bond motifs is 1. The minimum atomic E-state index is -0.189. The van der Waals surface area contributed by atoms with E-state index in [1.165, 1.54) is 11.8 Å². The van der Waals surface area contributed by atoms with E-state index in [0.717, 1.165) is 16.1 Å². The second-order valence-corrected chi connectivity index (χ2v) is 5.67. The minimum absolute atomic E-state index is 0.0140. The van der Waals surface area contributed by atoms with E-state index in [1.54, 1.807) is 0 Å². The smallest absolute Gasteiger partial charge is 0.315 e. The Balaban J connectivity index is 1.96. The zero-order valence-corrected chi connectivity index (χ0v) is 11.8. The third kappa shape index (κ3) is 3.89. The molecule has 1 aromatic carbocycles. The number of hydrogen-bond acceptors (Lipinski definition) is 3. The van der Waals surface area contributed by atoms with Crippen LogP contribution >= 0.6 is 11.8 Å². The summed E-state index contributed by atoms with van der Waals surface area (Å²) in [6, 6.07) is 5.75. The van der Waals surface area contributed by atoms with E-state index >= 15 is 0 Å². The van der Waals surface area contributed by atoms with Gasteiger partial charge in [0.1, 0.15) is 0 Å². The van der Waals surface area contributed by atoms with Crippen LogP contribution in [0.1, 0.15) is 19.4 Å². The largest absolute Gasteiger partial charge is 0.336 e. The number of thioether (sulfide) groups is 1. The van der Waals surface area contributed by atoms with Gasteiger partial charge >= 0.3 is 6.03 Å². The average Bonchev–Trinajstić information content (AvgIpc) is 2.35. The number of nitrogens with one attached hydrogen (secondary N) is 3. The summed E-state index contributed by atoms with van der Waals surface area (Å²) >= 11 is 1.53. The van der Waals surface area contributed by atoms with Gasteiger partial charge in [-0.05, 0) is 31.5 Å². The van der Waals surface area contributed by atoms with Gasteiger partial charge in [-0.2, -0.15) is 0 Å². The Hall–Kier alpha value is -1.69. The Morgan fingerprint density at radius 1 is 1.47 bits per heavy atom. The summed E-state index contributed by atoms with van der Waals surface area (Å²) in [5, 5.41) is 8.37. The molecule has 1 aliphatic heterocycles. The molecule has 1 aliphatic rings. The van der Waals surface area contributed by atoms with Crippen molar-refractivity contribution in [3.8, 4) is 0 Å². The van der Waals surface area contributed by atoms with E-state index in [-0.39, 0.29) is 18.0 Å². The molecule has 0 atom stereocenters. The highest BCUT2D eigenvalue weighted by Gasteiger charge is 2.15. The normalized spacial score (nSPS) is 13.7. The molecule has 1 aromatic rings. The standard InChI is InChI=1S/C13H17N3O2S/c1-8(2)15-13(18)14-6-9-3-4-11-10(5-9)16-12(17)7-19-11/h3-5,8H,6-7H2,1-2H3,(H,16,17)(H2,14,15,18). The predicted molar refractivity (Wildman–Crippen MR) is 76.3 cm³/mol. The van der Waals surface area contributed by atoms with Gasteiger partial charge in [-0.25, -0.2) is 4.79 Å². The lowest BCUT2D eigenvalue weighted by Gasteiger charge is -2.17. The van der Waals surface area contributed by atoms with Crippen LogP contribution < -0.4 is 16.0 Å². The minimum Gasteiger partial charge on any atom is -0.336 e. The predicted octanol–water partition coefficient (Wildman–Crippen LogP) is 1.94. The van der Waals surface area contributed by atoms with Crippen molar-refractivity contribution in [2.75, 3.05) is 11.1 Å². The van der Waals surface area contributed by atoms with E-state index in [9.17, 15) is 9.59 Å². The Morgan fingerprint density at radius 3 is 3.00 bits per heavy atom. The fourth-order valence-corrected chi connectivity index (χ4v) is 2.52. The van der Waals surface area contributed by atoms with Gasteiger partial charge < -0.3 is 16.0 Å². The van der Waals surface area contributed by atoms with Crippen molar-refractivity contribution < 1.29 is 9.59 Å². The maximum atomic E-state index is 11.5. The molecule has 0 saturated carbocycles. The first kappa shape index (κ1) is 13.7. The number of carbonyl (C=O) groups excluding carboxylic acids is 2. The summed E-state index contributed by atoms with van der Waals surface area (Å²) in [6.07, 6.45) is 0. The number of hydrogen-bond donors (Lipinski definition) is 3. The Morgan fingerprint density at radius 2 is 2.26 bits per heavy atom. The molecule has 0 aromatic heterocycles. The van der Waals surface area contributed by atoms with Crippen molar-refractivity contribution >= 4 is 29.4 Å². The highest BCUT2D eigenvalue weighted by Crippen LogP contribution is 2.31. The number of anilines is 1. The topological polar surface area (TPSA) is 70.2 Å². The van der Waals surface area contributed by atoms with E-state index < -0.39 is 0 Å². The van der Waals surface area contributed by atoms with Crippen LogP contribution in [0.2, 0.25) is 0 Å². The SMILES string of the molecule is CC(C)NC(=O)NCc1ccc2c(c1)NC(=O)CS2. The van der Waals surface area contributed by atoms with Gasteiger partial charge in [0.05, 0.1) is 11.4 Å². The molecule has 19 heavy (non-hydrogen) atoms. The molecule has 102 valence electrons. The maximum absolute atomic E-state index is 11.5. The number of urea groups is 1. The van der Waals surface area contributed by atoms with Crippen molar-refractivity contribution in [2.24, 2.45) is 0 Å². The lowest BCUT2D eigenvalue weighted by atomic mass is 10.2. The molecule has 3 N–H and O–H groups in total. The highest BCUT2D eigenvalue weighted by molar-refractivity contribution is 8.00. The number of benzene rings is 1. The molecule has 0 aliphatic carbocycles. The van der Waals surface area contributed by atoms with Crippen LogP contribution in [0.15, 0.2) is 23.1 Å². The Bertz CT molecular complexity index is 503. The molecule has 0 spiro atoms. The molecular formula is C13H17N3O2S. The van der Waals surface area contributed by atoms with Gasteiger partial charge in [-0.1, -0.05) is 6.07 Å². The molecule has 0 bridgehead atoms. The monoisotopic (exact) mass is 279 g/mol. The third-order valence-corrected chi connectivity index (χ3v) is 3.62. The first-order valence-corrected chi connectivity index (χ1v) is 7.13. The van der Waals surface area contributed by atoms with Crippen molar-refractivity contribution in [1.82, 2.24) is 10.6 Å². The van der Waals surface area contributed by atoms with Gasteiger partial charge in [-0.15, -0.1) is 11.8 Å². The zero-order valence-electron chi connectivity index (χ0n) is 10.9. The van der Waals surface area contributed by atoms with Crippen LogP contribution in [0.25, 0.3) is 0 Å². The molecule has 0 radical (unpaired) electrons. The molecule has 0 saturated heterocycles. The van der Waals surface area contributed by atoms with E-state index in [2.05, 4.69) is 16.0 Å². The van der Waals surface area contributed by atoms with Crippen molar-refractivity contribution in [3.63, 3.8) is 0 Å².